The van der Waals surface area contributed by atoms with Crippen LogP contribution in [0.15, 0.2) is 47.4 Å². The molecule has 10 nitrogen and oxygen atoms in total. The van der Waals surface area contributed by atoms with Gasteiger partial charge in [0.25, 0.3) is 0 Å². The standard InChI is InChI=1S/C24H33N3O7S2/c1-33-21-11-6-5-10-20(21)27(35(3,29)30)17-9-12-24(28)25-19-13-14-22(34-2)23(18-19)36(31,32)26-15-7-4-8-16-26/h5-6,10-11,13-14,18H,4,7-9,12,15-17H2,1-3H3,(H,25,28). The van der Waals surface area contributed by atoms with Gasteiger partial charge < -0.3 is 14.8 Å². The molecule has 1 aliphatic heterocycles. The average molecular weight is 540 g/mol. The Kier molecular flexibility index (Phi) is 9.20. The van der Waals surface area contributed by atoms with E-state index in [0.717, 1.165) is 25.5 Å². The molecule has 0 bridgehead atoms. The summed E-state index contributed by atoms with van der Waals surface area (Å²) in [5.74, 6) is 0.252. The van der Waals surface area contributed by atoms with E-state index in [0.29, 0.717) is 30.2 Å². The minimum atomic E-state index is -3.77. The summed E-state index contributed by atoms with van der Waals surface area (Å²) in [6, 6.07) is 11.2. The molecule has 2 aromatic rings. The van der Waals surface area contributed by atoms with E-state index in [-0.39, 0.29) is 35.9 Å². The number of carbonyl (C=O) groups is 1. The zero-order valence-corrected chi connectivity index (χ0v) is 22.4. The van der Waals surface area contributed by atoms with Gasteiger partial charge in [-0.05, 0) is 49.6 Å². The highest BCUT2D eigenvalue weighted by molar-refractivity contribution is 7.92. The highest BCUT2D eigenvalue weighted by atomic mass is 32.2. The molecule has 1 saturated heterocycles. The van der Waals surface area contributed by atoms with Crippen LogP contribution in [0.5, 0.6) is 11.5 Å². The molecule has 0 unspecified atom stereocenters. The maximum Gasteiger partial charge on any atom is 0.246 e. The summed E-state index contributed by atoms with van der Waals surface area (Å²) in [6.07, 6.45) is 3.97. The van der Waals surface area contributed by atoms with Gasteiger partial charge in [-0.2, -0.15) is 4.31 Å². The predicted molar refractivity (Wildman–Crippen MR) is 139 cm³/mol. The van der Waals surface area contributed by atoms with Gasteiger partial charge in [0, 0.05) is 31.7 Å². The minimum absolute atomic E-state index is 0.00382. The molecule has 36 heavy (non-hydrogen) atoms. The maximum absolute atomic E-state index is 13.2. The first-order chi connectivity index (χ1) is 17.1. The normalized spacial score (nSPS) is 14.8. The van der Waals surface area contributed by atoms with Crippen LogP contribution in [0.2, 0.25) is 0 Å². The first-order valence-electron chi connectivity index (χ1n) is 11.7. The first-order valence-corrected chi connectivity index (χ1v) is 15.0. The van der Waals surface area contributed by atoms with E-state index in [1.807, 2.05) is 0 Å². The quantitative estimate of drug-likeness (QED) is 0.466. The van der Waals surface area contributed by atoms with Crippen molar-refractivity contribution in [3.05, 3.63) is 42.5 Å². The molecule has 1 N–H and O–H groups in total. The van der Waals surface area contributed by atoms with Gasteiger partial charge in [-0.15, -0.1) is 0 Å². The number of hydrogen-bond acceptors (Lipinski definition) is 7. The summed E-state index contributed by atoms with van der Waals surface area (Å²) in [4.78, 5) is 12.6. The predicted octanol–water partition coefficient (Wildman–Crippen LogP) is 3.06. The lowest BCUT2D eigenvalue weighted by molar-refractivity contribution is -0.116. The Morgan fingerprint density at radius 2 is 1.64 bits per heavy atom. The van der Waals surface area contributed by atoms with Gasteiger partial charge in [-0.25, -0.2) is 16.8 Å². The van der Waals surface area contributed by atoms with Gasteiger partial charge in [0.15, 0.2) is 0 Å². The smallest absolute Gasteiger partial charge is 0.246 e. The van der Waals surface area contributed by atoms with Crippen molar-refractivity contribution in [2.75, 3.05) is 49.7 Å². The number of hydrogen-bond donors (Lipinski definition) is 1. The van der Waals surface area contributed by atoms with Crippen LogP contribution in [0, 0.1) is 0 Å². The fourth-order valence-corrected chi connectivity index (χ4v) is 6.78. The maximum atomic E-state index is 13.2. The van der Waals surface area contributed by atoms with Gasteiger partial charge >= 0.3 is 0 Å². The number of amides is 1. The van der Waals surface area contributed by atoms with Gasteiger partial charge in [-0.3, -0.25) is 9.10 Å². The van der Waals surface area contributed by atoms with Crippen LogP contribution in [0.1, 0.15) is 32.1 Å². The molecular formula is C24H33N3O7S2. The molecule has 1 aliphatic rings. The molecule has 1 heterocycles. The number of ether oxygens (including phenoxy) is 2. The van der Waals surface area contributed by atoms with Crippen LogP contribution in [0.3, 0.4) is 0 Å². The molecular weight excluding hydrogens is 506 g/mol. The summed E-state index contributed by atoms with van der Waals surface area (Å²) >= 11 is 0. The number of carbonyl (C=O) groups excluding carboxylic acids is 1. The van der Waals surface area contributed by atoms with Crippen LogP contribution in [-0.2, 0) is 24.8 Å². The van der Waals surface area contributed by atoms with Crippen LogP contribution in [0.4, 0.5) is 11.4 Å². The van der Waals surface area contributed by atoms with Gasteiger partial charge in [0.2, 0.25) is 26.0 Å². The van der Waals surface area contributed by atoms with Gasteiger partial charge in [0.05, 0.1) is 26.2 Å². The number of benzene rings is 2. The van der Waals surface area contributed by atoms with Crippen molar-refractivity contribution >= 4 is 37.3 Å². The van der Waals surface area contributed by atoms with Crippen LogP contribution in [0.25, 0.3) is 0 Å². The lowest BCUT2D eigenvalue weighted by Gasteiger charge is -2.26. The molecule has 0 spiro atoms. The summed E-state index contributed by atoms with van der Waals surface area (Å²) in [5, 5.41) is 2.71. The molecule has 198 valence electrons. The zero-order valence-electron chi connectivity index (χ0n) is 20.8. The number of methoxy groups -OCH3 is 2. The zero-order chi connectivity index (χ0) is 26.3. The number of piperidine rings is 1. The van der Waals surface area contributed by atoms with Crippen LogP contribution in [-0.4, -0.2) is 67.2 Å². The van der Waals surface area contributed by atoms with E-state index in [1.54, 1.807) is 30.3 Å². The molecule has 3 rings (SSSR count). The fraction of sp³-hybridized carbons (Fsp3) is 0.458. The molecule has 0 atom stereocenters. The third-order valence-corrected chi connectivity index (χ3v) is 9.00. The van der Waals surface area contributed by atoms with Crippen molar-refractivity contribution in [2.45, 2.75) is 37.0 Å². The Morgan fingerprint density at radius 1 is 0.972 bits per heavy atom. The third-order valence-electron chi connectivity index (χ3n) is 5.90. The average Bonchev–Trinajstić information content (AvgIpc) is 2.86. The summed E-state index contributed by atoms with van der Waals surface area (Å²) in [6.45, 7) is 0.972. The summed E-state index contributed by atoms with van der Waals surface area (Å²) < 4.78 is 64.4. The van der Waals surface area contributed by atoms with E-state index in [4.69, 9.17) is 9.47 Å². The molecule has 2 aromatic carbocycles. The van der Waals surface area contributed by atoms with Crippen molar-refractivity contribution in [3.8, 4) is 11.5 Å². The van der Waals surface area contributed by atoms with Crippen molar-refractivity contribution in [1.29, 1.82) is 0 Å². The molecule has 1 amide bonds. The topological polar surface area (TPSA) is 122 Å². The minimum Gasteiger partial charge on any atom is -0.495 e. The van der Waals surface area contributed by atoms with Crippen molar-refractivity contribution < 1.29 is 31.1 Å². The first kappa shape index (κ1) is 27.8. The molecule has 0 saturated carbocycles. The second-order valence-electron chi connectivity index (χ2n) is 8.49. The van der Waals surface area contributed by atoms with Crippen LogP contribution >= 0.6 is 0 Å². The van der Waals surface area contributed by atoms with E-state index < -0.39 is 20.0 Å². The number of para-hydroxylation sites is 2. The number of anilines is 2. The Morgan fingerprint density at radius 3 is 2.28 bits per heavy atom. The van der Waals surface area contributed by atoms with Crippen molar-refractivity contribution in [2.24, 2.45) is 0 Å². The molecule has 1 fully saturated rings. The van der Waals surface area contributed by atoms with Crippen molar-refractivity contribution in [3.63, 3.8) is 0 Å². The summed E-state index contributed by atoms with van der Waals surface area (Å²) in [7, 11) is -4.52. The number of rotatable bonds is 11. The van der Waals surface area contributed by atoms with Crippen LogP contribution < -0.4 is 19.1 Å². The van der Waals surface area contributed by atoms with E-state index in [9.17, 15) is 21.6 Å². The highest BCUT2D eigenvalue weighted by Gasteiger charge is 2.29. The number of nitrogens with one attached hydrogen (secondary N) is 1. The Balaban J connectivity index is 1.69. The Hall–Kier alpha value is -2.83. The Labute approximate surface area is 213 Å². The fourth-order valence-electron chi connectivity index (χ4n) is 4.11. The summed E-state index contributed by atoms with van der Waals surface area (Å²) in [5.41, 5.74) is 0.715. The largest absolute Gasteiger partial charge is 0.495 e. The van der Waals surface area contributed by atoms with E-state index in [2.05, 4.69) is 5.32 Å². The molecule has 0 aromatic heterocycles. The lowest BCUT2D eigenvalue weighted by Crippen LogP contribution is -2.35. The van der Waals surface area contributed by atoms with Gasteiger partial charge in [-0.1, -0.05) is 18.6 Å². The third kappa shape index (κ3) is 6.68. The lowest BCUT2D eigenvalue weighted by atomic mass is 10.2. The number of sulfonamides is 2. The monoisotopic (exact) mass is 539 g/mol. The highest BCUT2D eigenvalue weighted by Crippen LogP contribution is 2.32. The molecule has 0 radical (unpaired) electrons. The van der Waals surface area contributed by atoms with E-state index in [1.165, 1.54) is 35.0 Å². The number of nitrogens with zero attached hydrogens (tertiary/aromatic N) is 2. The molecule has 12 heteroatoms. The Bertz CT molecular complexity index is 1270. The van der Waals surface area contributed by atoms with Gasteiger partial charge in [0.1, 0.15) is 16.4 Å². The molecule has 0 aliphatic carbocycles. The SMILES string of the molecule is COc1ccccc1N(CCCC(=O)Nc1ccc(OC)c(S(=O)(=O)N2CCCCC2)c1)S(C)(=O)=O. The van der Waals surface area contributed by atoms with Crippen molar-refractivity contribution in [1.82, 2.24) is 4.31 Å². The second-order valence-corrected chi connectivity index (χ2v) is 12.3. The second kappa shape index (κ2) is 11.9. The van der Waals surface area contributed by atoms with E-state index >= 15 is 0 Å².